The number of halogens is 1. The van der Waals surface area contributed by atoms with Crippen LogP contribution >= 0.6 is 15.9 Å². The summed E-state index contributed by atoms with van der Waals surface area (Å²) in [5.74, 6) is 0.00930. The summed E-state index contributed by atoms with van der Waals surface area (Å²) in [5.41, 5.74) is 6.55. The van der Waals surface area contributed by atoms with Gasteiger partial charge in [0.1, 0.15) is 0 Å². The molecule has 1 aliphatic heterocycles. The van der Waals surface area contributed by atoms with Crippen LogP contribution in [0.15, 0.2) is 28.7 Å². The maximum absolute atomic E-state index is 12.4. The average molecular weight is 368 g/mol. The summed E-state index contributed by atoms with van der Waals surface area (Å²) in [6.45, 7) is 4.23. The zero-order valence-electron chi connectivity index (χ0n) is 12.8. The Kier molecular flexibility index (Phi) is 5.97. The maximum atomic E-state index is 12.4. The van der Waals surface area contributed by atoms with Gasteiger partial charge in [0.05, 0.1) is 6.04 Å². The van der Waals surface area contributed by atoms with Gasteiger partial charge in [0.25, 0.3) is 5.91 Å². The van der Waals surface area contributed by atoms with Crippen molar-refractivity contribution in [2.24, 2.45) is 5.73 Å². The van der Waals surface area contributed by atoms with E-state index in [0.717, 1.165) is 10.9 Å². The Morgan fingerprint density at radius 1 is 1.14 bits per heavy atom. The molecule has 1 unspecified atom stereocenters. The van der Waals surface area contributed by atoms with Gasteiger partial charge in [-0.15, -0.1) is 0 Å². The van der Waals surface area contributed by atoms with Crippen LogP contribution in [0.1, 0.15) is 30.1 Å². The standard InChI is InChI=1S/C16H22BrN3O2/c1-2-3-14(18)16(22)20-10-8-19(9-11-20)15(21)12-4-6-13(17)7-5-12/h4-7,14H,2-3,8-11,18H2,1H3. The van der Waals surface area contributed by atoms with Crippen molar-refractivity contribution in [3.05, 3.63) is 34.3 Å². The molecular formula is C16H22BrN3O2. The van der Waals surface area contributed by atoms with Crippen LogP contribution in [0.5, 0.6) is 0 Å². The first kappa shape index (κ1) is 17.0. The van der Waals surface area contributed by atoms with E-state index in [1.54, 1.807) is 21.9 Å². The highest BCUT2D eigenvalue weighted by Gasteiger charge is 2.27. The fraction of sp³-hybridized carbons (Fsp3) is 0.500. The molecule has 2 N–H and O–H groups in total. The Hall–Kier alpha value is -1.40. The van der Waals surface area contributed by atoms with Crippen LogP contribution in [0.2, 0.25) is 0 Å². The Bertz CT molecular complexity index is 525. The fourth-order valence-electron chi connectivity index (χ4n) is 2.57. The molecule has 22 heavy (non-hydrogen) atoms. The second-order valence-electron chi connectivity index (χ2n) is 5.52. The molecule has 2 rings (SSSR count). The summed E-state index contributed by atoms with van der Waals surface area (Å²) in [6.07, 6.45) is 1.60. The minimum Gasteiger partial charge on any atom is -0.338 e. The molecule has 0 spiro atoms. The van der Waals surface area contributed by atoms with Gasteiger partial charge in [-0.3, -0.25) is 9.59 Å². The molecule has 1 heterocycles. The van der Waals surface area contributed by atoms with Gasteiger partial charge in [0.2, 0.25) is 5.91 Å². The number of benzene rings is 1. The Balaban J connectivity index is 1.90. The lowest BCUT2D eigenvalue weighted by atomic mass is 10.1. The van der Waals surface area contributed by atoms with Crippen LogP contribution in [0.3, 0.4) is 0 Å². The second-order valence-corrected chi connectivity index (χ2v) is 6.44. The highest BCUT2D eigenvalue weighted by atomic mass is 79.9. The first-order valence-corrected chi connectivity index (χ1v) is 8.41. The van der Waals surface area contributed by atoms with Gasteiger partial charge in [0.15, 0.2) is 0 Å². The summed E-state index contributed by atoms with van der Waals surface area (Å²) in [6, 6.07) is 6.91. The van der Waals surface area contributed by atoms with E-state index in [-0.39, 0.29) is 11.8 Å². The van der Waals surface area contributed by atoms with Crippen molar-refractivity contribution in [3.8, 4) is 0 Å². The predicted molar refractivity (Wildman–Crippen MR) is 89.5 cm³/mol. The van der Waals surface area contributed by atoms with Crippen LogP contribution < -0.4 is 5.73 Å². The Morgan fingerprint density at radius 3 is 2.23 bits per heavy atom. The number of amides is 2. The van der Waals surface area contributed by atoms with Crippen LogP contribution in [0, 0.1) is 0 Å². The van der Waals surface area contributed by atoms with E-state index in [4.69, 9.17) is 5.73 Å². The highest BCUT2D eigenvalue weighted by molar-refractivity contribution is 9.10. The lowest BCUT2D eigenvalue weighted by Gasteiger charge is -2.36. The van der Waals surface area contributed by atoms with Gasteiger partial charge >= 0.3 is 0 Å². The van der Waals surface area contributed by atoms with E-state index in [1.807, 2.05) is 19.1 Å². The van der Waals surface area contributed by atoms with Crippen molar-refractivity contribution in [1.82, 2.24) is 9.80 Å². The Morgan fingerprint density at radius 2 is 1.68 bits per heavy atom. The SMILES string of the molecule is CCCC(N)C(=O)N1CCN(C(=O)c2ccc(Br)cc2)CC1. The first-order chi connectivity index (χ1) is 10.5. The van der Waals surface area contributed by atoms with Gasteiger partial charge in [-0.2, -0.15) is 0 Å². The smallest absolute Gasteiger partial charge is 0.253 e. The number of carbonyl (C=O) groups excluding carboxylic acids is 2. The molecule has 1 aliphatic rings. The molecule has 0 aliphatic carbocycles. The number of piperazine rings is 1. The van der Waals surface area contributed by atoms with E-state index < -0.39 is 6.04 Å². The van der Waals surface area contributed by atoms with Crippen molar-refractivity contribution < 1.29 is 9.59 Å². The maximum Gasteiger partial charge on any atom is 0.253 e. The summed E-state index contributed by atoms with van der Waals surface area (Å²) in [4.78, 5) is 28.1. The van der Waals surface area contributed by atoms with E-state index in [1.165, 1.54) is 0 Å². The van der Waals surface area contributed by atoms with Gasteiger partial charge in [-0.25, -0.2) is 0 Å². The number of nitrogens with zero attached hydrogens (tertiary/aromatic N) is 2. The molecule has 0 saturated carbocycles. The van der Waals surface area contributed by atoms with Crippen molar-refractivity contribution in [2.75, 3.05) is 26.2 Å². The molecule has 1 aromatic rings. The van der Waals surface area contributed by atoms with Crippen molar-refractivity contribution in [3.63, 3.8) is 0 Å². The number of hydrogen-bond acceptors (Lipinski definition) is 3. The van der Waals surface area contributed by atoms with E-state index >= 15 is 0 Å². The molecule has 1 fully saturated rings. The lowest BCUT2D eigenvalue weighted by Crippen LogP contribution is -2.54. The van der Waals surface area contributed by atoms with Crippen molar-refractivity contribution >= 4 is 27.7 Å². The van der Waals surface area contributed by atoms with Gasteiger partial charge < -0.3 is 15.5 Å². The molecular weight excluding hydrogens is 346 g/mol. The van der Waals surface area contributed by atoms with Gasteiger partial charge in [0, 0.05) is 36.2 Å². The minimum absolute atomic E-state index is 0.00223. The molecule has 1 atom stereocenters. The zero-order chi connectivity index (χ0) is 16.1. The number of hydrogen-bond donors (Lipinski definition) is 1. The van der Waals surface area contributed by atoms with Gasteiger partial charge in [-0.05, 0) is 30.7 Å². The number of carbonyl (C=O) groups is 2. The topological polar surface area (TPSA) is 66.6 Å². The van der Waals surface area contributed by atoms with Crippen molar-refractivity contribution in [2.45, 2.75) is 25.8 Å². The monoisotopic (exact) mass is 367 g/mol. The number of rotatable bonds is 4. The van der Waals surface area contributed by atoms with E-state index in [9.17, 15) is 9.59 Å². The second kappa shape index (κ2) is 7.74. The van der Waals surface area contributed by atoms with Crippen LogP contribution in [-0.2, 0) is 4.79 Å². The minimum atomic E-state index is -0.418. The molecule has 6 heteroatoms. The summed E-state index contributed by atoms with van der Waals surface area (Å²) < 4.78 is 0.948. The average Bonchev–Trinajstić information content (AvgIpc) is 2.54. The molecule has 1 saturated heterocycles. The molecule has 1 aromatic carbocycles. The summed E-state index contributed by atoms with van der Waals surface area (Å²) in [5, 5.41) is 0. The molecule has 120 valence electrons. The molecule has 5 nitrogen and oxygen atoms in total. The third kappa shape index (κ3) is 4.08. The summed E-state index contributed by atoms with van der Waals surface area (Å²) >= 11 is 3.36. The first-order valence-electron chi connectivity index (χ1n) is 7.62. The zero-order valence-corrected chi connectivity index (χ0v) is 14.4. The quantitative estimate of drug-likeness (QED) is 0.882. The predicted octanol–water partition coefficient (Wildman–Crippen LogP) is 1.86. The third-order valence-electron chi connectivity index (χ3n) is 3.89. The highest BCUT2D eigenvalue weighted by Crippen LogP contribution is 2.14. The molecule has 0 bridgehead atoms. The third-order valence-corrected chi connectivity index (χ3v) is 4.42. The molecule has 0 radical (unpaired) electrons. The van der Waals surface area contributed by atoms with Crippen molar-refractivity contribution in [1.29, 1.82) is 0 Å². The summed E-state index contributed by atoms with van der Waals surface area (Å²) in [7, 11) is 0. The van der Waals surface area contributed by atoms with Crippen LogP contribution in [-0.4, -0.2) is 53.8 Å². The Labute approximate surface area is 139 Å². The molecule has 2 amide bonds. The normalized spacial score (nSPS) is 16.5. The van der Waals surface area contributed by atoms with E-state index in [0.29, 0.717) is 38.2 Å². The van der Waals surface area contributed by atoms with E-state index in [2.05, 4.69) is 15.9 Å². The lowest BCUT2D eigenvalue weighted by molar-refractivity contribution is -0.134. The van der Waals surface area contributed by atoms with Crippen LogP contribution in [0.25, 0.3) is 0 Å². The van der Waals surface area contributed by atoms with Gasteiger partial charge in [-0.1, -0.05) is 29.3 Å². The van der Waals surface area contributed by atoms with Crippen LogP contribution in [0.4, 0.5) is 0 Å². The largest absolute Gasteiger partial charge is 0.338 e. The fourth-order valence-corrected chi connectivity index (χ4v) is 2.84. The molecule has 0 aromatic heterocycles. The number of nitrogens with two attached hydrogens (primary N) is 1.